The van der Waals surface area contributed by atoms with E-state index in [0.717, 1.165) is 12.8 Å². The number of rotatable bonds is 2. The normalized spacial score (nSPS) is 16.4. The first-order valence-corrected chi connectivity index (χ1v) is 5.74. The Morgan fingerprint density at radius 3 is 2.69 bits per heavy atom. The van der Waals surface area contributed by atoms with Crippen LogP contribution in [0.25, 0.3) is 0 Å². The molecule has 0 saturated heterocycles. The van der Waals surface area contributed by atoms with Gasteiger partial charge in [-0.1, -0.05) is 18.9 Å². The maximum absolute atomic E-state index is 13.3. The van der Waals surface area contributed by atoms with Crippen LogP contribution in [0.3, 0.4) is 0 Å². The van der Waals surface area contributed by atoms with Gasteiger partial charge in [-0.05, 0) is 37.5 Å². The van der Waals surface area contributed by atoms with Crippen LogP contribution < -0.4 is 5.32 Å². The minimum atomic E-state index is -0.320. The van der Waals surface area contributed by atoms with Gasteiger partial charge in [0.15, 0.2) is 0 Å². The first-order valence-electron chi connectivity index (χ1n) is 5.74. The monoisotopic (exact) mass is 221 g/mol. The first-order chi connectivity index (χ1) is 7.66. The fourth-order valence-electron chi connectivity index (χ4n) is 2.07. The maximum Gasteiger partial charge on any atom is 0.251 e. The van der Waals surface area contributed by atoms with Gasteiger partial charge in [-0.25, -0.2) is 4.39 Å². The second kappa shape index (κ2) is 4.64. The van der Waals surface area contributed by atoms with Gasteiger partial charge in [-0.2, -0.15) is 0 Å². The number of hydrogen-bond acceptors (Lipinski definition) is 1. The predicted molar refractivity (Wildman–Crippen MR) is 60.9 cm³/mol. The van der Waals surface area contributed by atoms with Crippen LogP contribution in [-0.2, 0) is 0 Å². The Morgan fingerprint density at radius 2 is 2.06 bits per heavy atom. The van der Waals surface area contributed by atoms with Gasteiger partial charge in [0, 0.05) is 11.6 Å². The Morgan fingerprint density at radius 1 is 1.38 bits per heavy atom. The molecule has 1 saturated carbocycles. The average molecular weight is 221 g/mol. The molecule has 0 aliphatic heterocycles. The van der Waals surface area contributed by atoms with Crippen molar-refractivity contribution in [2.24, 2.45) is 0 Å². The minimum absolute atomic E-state index is 0.161. The third-order valence-electron chi connectivity index (χ3n) is 3.12. The summed E-state index contributed by atoms with van der Waals surface area (Å²) in [4.78, 5) is 11.8. The third-order valence-corrected chi connectivity index (χ3v) is 3.12. The van der Waals surface area contributed by atoms with Gasteiger partial charge in [-0.15, -0.1) is 0 Å². The highest BCUT2D eigenvalue weighted by molar-refractivity contribution is 5.94. The maximum atomic E-state index is 13.3. The van der Waals surface area contributed by atoms with Crippen LogP contribution in [0.2, 0.25) is 0 Å². The lowest BCUT2D eigenvalue weighted by Crippen LogP contribution is -2.32. The molecule has 2 nitrogen and oxygen atoms in total. The summed E-state index contributed by atoms with van der Waals surface area (Å²) in [5.41, 5.74) is 0.979. The van der Waals surface area contributed by atoms with Gasteiger partial charge >= 0.3 is 0 Å². The van der Waals surface area contributed by atoms with Crippen LogP contribution in [0, 0.1) is 12.7 Å². The number of benzene rings is 1. The molecule has 1 aromatic rings. The Hall–Kier alpha value is -1.38. The van der Waals surface area contributed by atoms with E-state index in [4.69, 9.17) is 0 Å². The molecular formula is C13H16FNO. The van der Waals surface area contributed by atoms with E-state index in [2.05, 4.69) is 5.32 Å². The third kappa shape index (κ3) is 2.40. The quantitative estimate of drug-likeness (QED) is 0.817. The topological polar surface area (TPSA) is 29.1 Å². The molecule has 1 amide bonds. The summed E-state index contributed by atoms with van der Waals surface area (Å²) >= 11 is 0. The number of halogens is 1. The molecule has 0 aromatic heterocycles. The molecule has 3 heteroatoms. The average Bonchev–Trinajstić information content (AvgIpc) is 2.74. The largest absolute Gasteiger partial charge is 0.349 e. The van der Waals surface area contributed by atoms with Gasteiger partial charge in [0.1, 0.15) is 5.82 Å². The summed E-state index contributed by atoms with van der Waals surface area (Å²) in [6, 6.07) is 4.89. The molecule has 0 radical (unpaired) electrons. The van der Waals surface area contributed by atoms with E-state index in [0.29, 0.717) is 11.1 Å². The van der Waals surface area contributed by atoms with Crippen molar-refractivity contribution in [1.29, 1.82) is 0 Å². The predicted octanol–water partition coefficient (Wildman–Crippen LogP) is 2.81. The summed E-state index contributed by atoms with van der Waals surface area (Å²) < 4.78 is 13.3. The van der Waals surface area contributed by atoms with Gasteiger partial charge in [0.25, 0.3) is 5.91 Å². The van der Waals surface area contributed by atoms with Crippen molar-refractivity contribution in [1.82, 2.24) is 5.32 Å². The number of carbonyl (C=O) groups excluding carboxylic acids is 1. The van der Waals surface area contributed by atoms with Crippen LogP contribution in [0.1, 0.15) is 41.6 Å². The van der Waals surface area contributed by atoms with Crippen molar-refractivity contribution >= 4 is 5.91 Å². The Bertz CT molecular complexity index is 397. The molecule has 0 bridgehead atoms. The molecular weight excluding hydrogens is 205 g/mol. The van der Waals surface area contributed by atoms with Crippen LogP contribution in [-0.4, -0.2) is 11.9 Å². The van der Waals surface area contributed by atoms with E-state index in [1.807, 2.05) is 0 Å². The molecule has 0 spiro atoms. The van der Waals surface area contributed by atoms with Gasteiger partial charge in [0.05, 0.1) is 0 Å². The molecule has 1 aliphatic rings. The van der Waals surface area contributed by atoms with Crippen LogP contribution in [0.15, 0.2) is 18.2 Å². The lowest BCUT2D eigenvalue weighted by Gasteiger charge is -2.12. The number of nitrogens with one attached hydrogen (secondary N) is 1. The molecule has 1 aliphatic carbocycles. The number of aryl methyl sites for hydroxylation is 1. The second-order valence-corrected chi connectivity index (χ2v) is 4.42. The zero-order valence-electron chi connectivity index (χ0n) is 9.42. The molecule has 0 atom stereocenters. The summed E-state index contributed by atoms with van der Waals surface area (Å²) in [7, 11) is 0. The van der Waals surface area contributed by atoms with E-state index in [1.165, 1.54) is 18.9 Å². The molecule has 2 rings (SSSR count). The number of amides is 1. The van der Waals surface area contributed by atoms with Crippen molar-refractivity contribution in [3.63, 3.8) is 0 Å². The lowest BCUT2D eigenvalue weighted by atomic mass is 10.1. The molecule has 1 aromatic carbocycles. The first kappa shape index (κ1) is 11.1. The Kier molecular flexibility index (Phi) is 3.22. The number of carbonyl (C=O) groups is 1. The van der Waals surface area contributed by atoms with Crippen molar-refractivity contribution in [3.05, 3.63) is 35.1 Å². The standard InChI is InChI=1S/C13H16FNO/c1-9-6-7-10(8-12(9)14)13(16)15-11-4-2-3-5-11/h6-8,11H,2-5H2,1H3,(H,15,16). The van der Waals surface area contributed by atoms with Crippen molar-refractivity contribution in [3.8, 4) is 0 Å². The van der Waals surface area contributed by atoms with Gasteiger partial charge in [0.2, 0.25) is 0 Å². The van der Waals surface area contributed by atoms with Gasteiger partial charge in [-0.3, -0.25) is 4.79 Å². The van der Waals surface area contributed by atoms with Crippen LogP contribution in [0.4, 0.5) is 4.39 Å². The Balaban J connectivity index is 2.05. The van der Waals surface area contributed by atoms with E-state index in [1.54, 1.807) is 19.1 Å². The molecule has 1 N–H and O–H groups in total. The van der Waals surface area contributed by atoms with Crippen molar-refractivity contribution in [2.75, 3.05) is 0 Å². The lowest BCUT2D eigenvalue weighted by molar-refractivity contribution is 0.0937. The highest BCUT2D eigenvalue weighted by Gasteiger charge is 2.18. The SMILES string of the molecule is Cc1ccc(C(=O)NC2CCCC2)cc1F. The van der Waals surface area contributed by atoms with Crippen LogP contribution >= 0.6 is 0 Å². The minimum Gasteiger partial charge on any atom is -0.349 e. The highest BCUT2D eigenvalue weighted by atomic mass is 19.1. The van der Waals surface area contributed by atoms with Crippen molar-refractivity contribution < 1.29 is 9.18 Å². The molecule has 0 unspecified atom stereocenters. The van der Waals surface area contributed by atoms with E-state index >= 15 is 0 Å². The molecule has 1 fully saturated rings. The van der Waals surface area contributed by atoms with E-state index in [-0.39, 0.29) is 17.8 Å². The van der Waals surface area contributed by atoms with Crippen molar-refractivity contribution in [2.45, 2.75) is 38.6 Å². The summed E-state index contributed by atoms with van der Waals surface area (Å²) in [6.07, 6.45) is 4.43. The molecule has 86 valence electrons. The molecule has 0 heterocycles. The van der Waals surface area contributed by atoms with E-state index < -0.39 is 0 Å². The highest BCUT2D eigenvalue weighted by Crippen LogP contribution is 2.18. The number of hydrogen-bond donors (Lipinski definition) is 1. The Labute approximate surface area is 94.9 Å². The van der Waals surface area contributed by atoms with Crippen LogP contribution in [0.5, 0.6) is 0 Å². The smallest absolute Gasteiger partial charge is 0.251 e. The molecule has 16 heavy (non-hydrogen) atoms. The zero-order chi connectivity index (χ0) is 11.5. The summed E-state index contributed by atoms with van der Waals surface area (Å²) in [5.74, 6) is -0.482. The van der Waals surface area contributed by atoms with E-state index in [9.17, 15) is 9.18 Å². The fraction of sp³-hybridized carbons (Fsp3) is 0.462. The zero-order valence-corrected chi connectivity index (χ0v) is 9.42. The second-order valence-electron chi connectivity index (χ2n) is 4.42. The fourth-order valence-corrected chi connectivity index (χ4v) is 2.07. The summed E-state index contributed by atoms with van der Waals surface area (Å²) in [5, 5.41) is 2.94. The van der Waals surface area contributed by atoms with Gasteiger partial charge < -0.3 is 5.32 Å². The summed E-state index contributed by atoms with van der Waals surface area (Å²) in [6.45, 7) is 1.69.